The van der Waals surface area contributed by atoms with Crippen LogP contribution in [0.4, 0.5) is 5.69 Å². The number of rotatable bonds is 8. The molecule has 29 heavy (non-hydrogen) atoms. The monoisotopic (exact) mass is 414 g/mol. The fraction of sp³-hybridized carbons (Fsp3) is 0.458. The maximum Gasteiger partial charge on any atom is 0.247 e. The lowest BCUT2D eigenvalue weighted by molar-refractivity contribution is -0.123. The molecule has 1 atom stereocenters. The number of ether oxygens (including phenoxy) is 1. The molecule has 0 saturated heterocycles. The molecule has 1 aliphatic rings. The average molecular weight is 415 g/mol. The molecule has 0 radical (unpaired) electrons. The minimum atomic E-state index is -0.440. The summed E-state index contributed by atoms with van der Waals surface area (Å²) in [5, 5.41) is 3.31. The summed E-state index contributed by atoms with van der Waals surface area (Å²) in [6.45, 7) is 2.64. The predicted octanol–water partition coefficient (Wildman–Crippen LogP) is 5.24. The number of carbonyl (C=O) groups is 1. The summed E-state index contributed by atoms with van der Waals surface area (Å²) in [7, 11) is 1.65. The lowest BCUT2D eigenvalue weighted by atomic mass is 9.94. The van der Waals surface area contributed by atoms with Gasteiger partial charge in [0.25, 0.3) is 0 Å². The summed E-state index contributed by atoms with van der Waals surface area (Å²) in [6.07, 6.45) is 5.74. The highest BCUT2D eigenvalue weighted by Crippen LogP contribution is 2.30. The van der Waals surface area contributed by atoms with Gasteiger partial charge in [-0.1, -0.05) is 49.1 Å². The highest BCUT2D eigenvalue weighted by molar-refractivity contribution is 6.18. The molecule has 1 unspecified atom stereocenters. The van der Waals surface area contributed by atoms with Gasteiger partial charge in [0, 0.05) is 24.2 Å². The van der Waals surface area contributed by atoms with Crippen LogP contribution in [0.3, 0.4) is 0 Å². The lowest BCUT2D eigenvalue weighted by Gasteiger charge is -2.34. The molecule has 4 nitrogen and oxygen atoms in total. The minimum Gasteiger partial charge on any atom is -0.497 e. The summed E-state index contributed by atoms with van der Waals surface area (Å²) >= 11 is 6.16. The van der Waals surface area contributed by atoms with Crippen molar-refractivity contribution in [3.05, 3.63) is 59.7 Å². The van der Waals surface area contributed by atoms with Crippen molar-refractivity contribution >= 4 is 23.2 Å². The zero-order valence-corrected chi connectivity index (χ0v) is 18.1. The lowest BCUT2D eigenvalue weighted by Crippen LogP contribution is -2.45. The van der Waals surface area contributed by atoms with E-state index in [1.165, 1.54) is 24.8 Å². The van der Waals surface area contributed by atoms with Gasteiger partial charge in [0.15, 0.2) is 0 Å². The largest absolute Gasteiger partial charge is 0.497 e. The summed E-state index contributed by atoms with van der Waals surface area (Å²) in [5.74, 6) is 1.25. The van der Waals surface area contributed by atoms with Crippen LogP contribution in [0.5, 0.6) is 5.75 Å². The van der Waals surface area contributed by atoms with E-state index < -0.39 is 6.04 Å². The zero-order valence-electron chi connectivity index (χ0n) is 17.4. The molecular weight excluding hydrogens is 384 g/mol. The number of anilines is 1. The van der Waals surface area contributed by atoms with Gasteiger partial charge in [-0.2, -0.15) is 0 Å². The summed E-state index contributed by atoms with van der Waals surface area (Å²) < 4.78 is 5.30. The van der Waals surface area contributed by atoms with Crippen LogP contribution in [0.25, 0.3) is 0 Å². The van der Waals surface area contributed by atoms with E-state index in [1.54, 1.807) is 7.11 Å². The Bertz CT molecular complexity index is 770. The number of halogens is 1. The van der Waals surface area contributed by atoms with Gasteiger partial charge in [0.2, 0.25) is 5.91 Å². The van der Waals surface area contributed by atoms with Crippen molar-refractivity contribution in [2.45, 2.75) is 51.1 Å². The van der Waals surface area contributed by atoms with Gasteiger partial charge in [-0.3, -0.25) is 4.79 Å². The molecule has 1 N–H and O–H groups in total. The molecular formula is C24H31ClN2O2. The number of carbonyl (C=O) groups excluding carboxylic acids is 1. The van der Waals surface area contributed by atoms with E-state index in [9.17, 15) is 4.79 Å². The fourth-order valence-electron chi connectivity index (χ4n) is 4.02. The van der Waals surface area contributed by atoms with E-state index in [1.807, 2.05) is 24.3 Å². The van der Waals surface area contributed by atoms with E-state index in [-0.39, 0.29) is 11.9 Å². The number of hydrogen-bond acceptors (Lipinski definition) is 3. The highest BCUT2D eigenvalue weighted by Gasteiger charge is 2.30. The third-order valence-corrected chi connectivity index (χ3v) is 5.80. The van der Waals surface area contributed by atoms with Crippen LogP contribution in [0.1, 0.15) is 49.3 Å². The third-order valence-electron chi connectivity index (χ3n) is 5.63. The molecule has 1 amide bonds. The Morgan fingerprint density at radius 3 is 2.34 bits per heavy atom. The topological polar surface area (TPSA) is 41.6 Å². The highest BCUT2D eigenvalue weighted by atomic mass is 35.5. The molecule has 156 valence electrons. The molecule has 1 saturated carbocycles. The van der Waals surface area contributed by atoms with Crippen LogP contribution in [-0.2, 0) is 4.79 Å². The van der Waals surface area contributed by atoms with Crippen molar-refractivity contribution in [3.8, 4) is 5.75 Å². The molecule has 2 aromatic carbocycles. The van der Waals surface area contributed by atoms with Crippen molar-refractivity contribution in [1.29, 1.82) is 0 Å². The van der Waals surface area contributed by atoms with Crippen LogP contribution in [0.15, 0.2) is 48.5 Å². The standard InChI is InChI=1S/C24H31ClN2O2/c1-18-8-12-21(13-9-18)27(17-16-25)23(19-10-14-22(29-2)15-11-19)24(28)26-20-6-4-3-5-7-20/h8-15,20,23H,3-7,16-17H2,1-2H3,(H,26,28). The van der Waals surface area contributed by atoms with Crippen molar-refractivity contribution < 1.29 is 9.53 Å². The van der Waals surface area contributed by atoms with Crippen molar-refractivity contribution in [2.75, 3.05) is 24.4 Å². The maximum absolute atomic E-state index is 13.5. The third kappa shape index (κ3) is 5.66. The maximum atomic E-state index is 13.5. The van der Waals surface area contributed by atoms with Gasteiger partial charge in [-0.25, -0.2) is 0 Å². The van der Waals surface area contributed by atoms with Gasteiger partial charge < -0.3 is 15.0 Å². The Balaban J connectivity index is 1.93. The molecule has 1 fully saturated rings. The molecule has 0 bridgehead atoms. The Hall–Kier alpha value is -2.20. The SMILES string of the molecule is COc1ccc(C(C(=O)NC2CCCCC2)N(CCCl)c2ccc(C)cc2)cc1. The van der Waals surface area contributed by atoms with Gasteiger partial charge >= 0.3 is 0 Å². The minimum absolute atomic E-state index is 0.0350. The predicted molar refractivity (Wildman–Crippen MR) is 120 cm³/mol. The molecule has 0 aliphatic heterocycles. The summed E-state index contributed by atoms with van der Waals surface area (Å²) in [4.78, 5) is 15.6. The number of alkyl halides is 1. The number of aryl methyl sites for hydroxylation is 1. The first kappa shape index (κ1) is 21.5. The first-order valence-electron chi connectivity index (χ1n) is 10.5. The fourth-order valence-corrected chi connectivity index (χ4v) is 4.20. The Morgan fingerprint density at radius 1 is 1.10 bits per heavy atom. The second-order valence-corrected chi connectivity index (χ2v) is 8.12. The number of benzene rings is 2. The van der Waals surface area contributed by atoms with E-state index in [4.69, 9.17) is 16.3 Å². The first-order valence-corrected chi connectivity index (χ1v) is 11.0. The zero-order chi connectivity index (χ0) is 20.6. The Kier molecular flexibility index (Phi) is 7.82. The van der Waals surface area contributed by atoms with Crippen LogP contribution in [0.2, 0.25) is 0 Å². The Labute approximate surface area is 179 Å². The van der Waals surface area contributed by atoms with E-state index in [2.05, 4.69) is 41.4 Å². The summed E-state index contributed by atoms with van der Waals surface area (Å²) in [5.41, 5.74) is 3.12. The van der Waals surface area contributed by atoms with E-state index in [0.717, 1.165) is 29.8 Å². The van der Waals surface area contributed by atoms with Crippen LogP contribution in [0, 0.1) is 6.92 Å². The van der Waals surface area contributed by atoms with Crippen LogP contribution < -0.4 is 15.0 Å². The number of hydrogen-bond donors (Lipinski definition) is 1. The molecule has 0 heterocycles. The van der Waals surface area contributed by atoms with Gasteiger partial charge in [-0.15, -0.1) is 11.6 Å². The molecule has 3 rings (SSSR count). The van der Waals surface area contributed by atoms with Crippen LogP contribution in [-0.4, -0.2) is 31.5 Å². The second kappa shape index (κ2) is 10.5. The quantitative estimate of drug-likeness (QED) is 0.600. The molecule has 0 aromatic heterocycles. The first-order chi connectivity index (χ1) is 14.1. The second-order valence-electron chi connectivity index (χ2n) is 7.74. The molecule has 2 aromatic rings. The van der Waals surface area contributed by atoms with E-state index >= 15 is 0 Å². The number of amides is 1. The number of nitrogens with zero attached hydrogens (tertiary/aromatic N) is 1. The van der Waals surface area contributed by atoms with Gasteiger partial charge in [-0.05, 0) is 49.6 Å². The molecule has 1 aliphatic carbocycles. The van der Waals surface area contributed by atoms with Crippen LogP contribution >= 0.6 is 11.6 Å². The average Bonchev–Trinajstić information content (AvgIpc) is 2.75. The van der Waals surface area contributed by atoms with Crippen molar-refractivity contribution in [3.63, 3.8) is 0 Å². The van der Waals surface area contributed by atoms with Crippen molar-refractivity contribution in [2.24, 2.45) is 0 Å². The Morgan fingerprint density at radius 2 is 1.76 bits per heavy atom. The number of methoxy groups -OCH3 is 1. The van der Waals surface area contributed by atoms with Gasteiger partial charge in [0.05, 0.1) is 7.11 Å². The molecule has 5 heteroatoms. The van der Waals surface area contributed by atoms with Crippen molar-refractivity contribution in [1.82, 2.24) is 5.32 Å². The summed E-state index contributed by atoms with van der Waals surface area (Å²) in [6, 6.07) is 15.8. The van der Waals surface area contributed by atoms with Gasteiger partial charge in [0.1, 0.15) is 11.8 Å². The van der Waals surface area contributed by atoms with E-state index in [0.29, 0.717) is 12.4 Å². The molecule has 0 spiro atoms. The smallest absolute Gasteiger partial charge is 0.247 e. The normalized spacial score (nSPS) is 15.6. The number of nitrogens with one attached hydrogen (secondary N) is 1.